The van der Waals surface area contributed by atoms with E-state index in [1.54, 1.807) is 6.80 Å². The summed E-state index contributed by atoms with van der Waals surface area (Å²) in [5.74, 6) is 0. The van der Waals surface area contributed by atoms with E-state index in [0.29, 0.717) is 0 Å². The van der Waals surface area contributed by atoms with Crippen molar-refractivity contribution in [2.75, 3.05) is 0 Å². The molecule has 0 nitrogen and oxygen atoms in total. The minimum atomic E-state index is 1.50. The van der Waals surface area contributed by atoms with Crippen LogP contribution in [0.25, 0.3) is 0 Å². The molecule has 0 unspecified atom stereocenters. The van der Waals surface area contributed by atoms with Gasteiger partial charge in [0.25, 0.3) is 0 Å². The number of rotatable bonds is 0. The van der Waals surface area contributed by atoms with Crippen LogP contribution in [0.4, 0.5) is 0 Å². The third-order valence-corrected chi connectivity index (χ3v) is 0.192. The van der Waals surface area contributed by atoms with Crippen LogP contribution in [0, 0.1) is 0 Å². The second kappa shape index (κ2) is 3.19. The Labute approximate surface area is 29.1 Å². The Morgan fingerprint density at radius 3 is 2.00 bits per heavy atom. The fourth-order valence-electron chi connectivity index (χ4n) is 0. The van der Waals surface area contributed by atoms with E-state index in [-0.39, 0.29) is 0 Å². The zero-order valence-corrected chi connectivity index (χ0v) is 2.73. The fourth-order valence-corrected chi connectivity index (χ4v) is 0. The summed E-state index contributed by atoms with van der Waals surface area (Å²) in [6, 6.07) is 0. The molecule has 0 atom stereocenters. The van der Waals surface area contributed by atoms with Crippen molar-refractivity contribution in [2.24, 2.45) is 0 Å². The fraction of sp³-hybridized carbons (Fsp3) is 1.00. The van der Waals surface area contributed by atoms with Crippen LogP contribution in [0.3, 0.4) is 0 Å². The molecule has 0 bridgehead atoms. The first-order chi connectivity index (χ1) is 1.91. The number of hydrogen-bond donors (Lipinski definition) is 0. The summed E-state index contributed by atoms with van der Waals surface area (Å²) >= 11 is 0. The van der Waals surface area contributed by atoms with E-state index in [1.807, 2.05) is 6.82 Å². The first-order valence-electron chi connectivity index (χ1n) is 1.24. The van der Waals surface area contributed by atoms with E-state index < -0.39 is 0 Å². The van der Waals surface area contributed by atoms with Gasteiger partial charge in [0.1, 0.15) is 0 Å². The first-order valence-corrected chi connectivity index (χ1v) is 1.24. The van der Waals surface area contributed by atoms with Crippen molar-refractivity contribution >= 4 is 21.2 Å². The average Bonchev–Trinajstić information content (AvgIpc) is 1.37. The molecule has 0 aliphatic rings. The van der Waals surface area contributed by atoms with E-state index in [9.17, 15) is 0 Å². The van der Waals surface area contributed by atoms with E-state index in [2.05, 4.69) is 0 Å². The molecule has 3 heteroatoms. The maximum absolute atomic E-state index is 4.85. The van der Waals surface area contributed by atoms with E-state index in [0.717, 1.165) is 0 Å². The zero-order chi connectivity index (χ0) is 3.41. The Kier molecular flexibility index (Phi) is 3.35. The van der Waals surface area contributed by atoms with Crippen LogP contribution < -0.4 is 0 Å². The van der Waals surface area contributed by atoms with Gasteiger partial charge in [-0.25, -0.2) is 0 Å². The molecular weight excluding hydrogens is 44.4 g/mol. The van der Waals surface area contributed by atoms with Crippen molar-refractivity contribution in [2.45, 2.75) is 6.82 Å². The van der Waals surface area contributed by atoms with Crippen LogP contribution in [0.5, 0.6) is 0 Å². The van der Waals surface area contributed by atoms with Crippen LogP contribution in [-0.2, 0) is 0 Å². The summed E-state index contributed by atoms with van der Waals surface area (Å²) < 4.78 is 0. The third-order valence-electron chi connectivity index (χ3n) is 0.192. The topological polar surface area (TPSA) is 0 Å². The molecule has 0 aliphatic heterocycles. The van der Waals surface area contributed by atoms with E-state index >= 15 is 0 Å². The van der Waals surface area contributed by atoms with E-state index in [1.165, 1.54) is 6.69 Å². The average molecular weight is 47.5 g/mol. The van der Waals surface area contributed by atoms with Gasteiger partial charge in [0.05, 0.1) is 0 Å². The SMILES string of the molecule is [B]B=BC. The second-order valence-corrected chi connectivity index (χ2v) is 0.526. The van der Waals surface area contributed by atoms with Gasteiger partial charge < -0.3 is 0 Å². The predicted octanol–water partition coefficient (Wildman–Crippen LogP) is -0.559. The molecule has 0 rings (SSSR count). The van der Waals surface area contributed by atoms with Gasteiger partial charge in [-0.3, -0.25) is 0 Å². The summed E-state index contributed by atoms with van der Waals surface area (Å²) in [5.41, 5.74) is 0. The number of hydrogen-bond acceptors (Lipinski definition) is 0. The summed E-state index contributed by atoms with van der Waals surface area (Å²) in [6.07, 6.45) is 0. The second-order valence-electron chi connectivity index (χ2n) is 0.526. The summed E-state index contributed by atoms with van der Waals surface area (Å²) in [5, 5.41) is 0. The predicted molar refractivity (Wildman–Crippen MR) is 23.1 cm³/mol. The standard InChI is InChI=1S/CH3B3/c1-3-4-2/h1H3. The molecule has 0 spiro atoms. The minimum absolute atomic E-state index is 1.50. The Balaban J connectivity index is 2.55. The van der Waals surface area contributed by atoms with Gasteiger partial charge >= 0.3 is 28.1 Å². The molecule has 0 N–H and O–H groups in total. The van der Waals surface area contributed by atoms with Crippen molar-refractivity contribution in [3.63, 3.8) is 0 Å². The first kappa shape index (κ1) is 4.19. The molecule has 2 radical (unpaired) electrons. The monoisotopic (exact) mass is 48.1 g/mol. The molecule has 0 aromatic heterocycles. The van der Waals surface area contributed by atoms with Gasteiger partial charge in [-0.2, -0.15) is 0 Å². The molecule has 0 amide bonds. The van der Waals surface area contributed by atoms with Crippen molar-refractivity contribution in [1.29, 1.82) is 0 Å². The summed E-state index contributed by atoms with van der Waals surface area (Å²) in [7, 11) is 4.85. The molecular formula is CH3B3. The zero-order valence-electron chi connectivity index (χ0n) is 2.73. The maximum atomic E-state index is 4.85. The van der Waals surface area contributed by atoms with E-state index in [4.69, 9.17) is 7.74 Å². The molecule has 0 fully saturated rings. The van der Waals surface area contributed by atoms with Crippen molar-refractivity contribution < 1.29 is 0 Å². The van der Waals surface area contributed by atoms with Gasteiger partial charge in [0.2, 0.25) is 0 Å². The summed E-state index contributed by atoms with van der Waals surface area (Å²) in [4.78, 5) is 0. The van der Waals surface area contributed by atoms with Crippen LogP contribution >= 0.6 is 0 Å². The van der Waals surface area contributed by atoms with Crippen LogP contribution in [0.15, 0.2) is 0 Å². The van der Waals surface area contributed by atoms with Crippen LogP contribution in [0.2, 0.25) is 6.82 Å². The van der Waals surface area contributed by atoms with Gasteiger partial charge in [-0.15, -0.1) is 0 Å². The normalized spacial score (nSPS) is 5.25. The molecule has 4 heavy (non-hydrogen) atoms. The molecule has 0 aromatic rings. The Hall–Kier alpha value is 0.195. The quantitative estimate of drug-likeness (QED) is 0.321. The van der Waals surface area contributed by atoms with Crippen LogP contribution in [0.1, 0.15) is 0 Å². The molecule has 16 valence electrons. The molecule has 0 heterocycles. The van der Waals surface area contributed by atoms with Crippen molar-refractivity contribution in [1.82, 2.24) is 0 Å². The molecule has 0 saturated heterocycles. The Morgan fingerprint density at radius 1 is 1.75 bits per heavy atom. The van der Waals surface area contributed by atoms with Gasteiger partial charge in [-0.1, -0.05) is 0 Å². The summed E-state index contributed by atoms with van der Waals surface area (Å²) in [6.45, 7) is 5.15. The molecule has 0 saturated carbocycles. The van der Waals surface area contributed by atoms with Gasteiger partial charge in [-0.05, 0) is 0 Å². The Bertz CT molecular complexity index is 18.5. The van der Waals surface area contributed by atoms with Gasteiger partial charge in [0.15, 0.2) is 0 Å². The third kappa shape index (κ3) is 2.19. The molecule has 0 aromatic carbocycles. The molecule has 0 aliphatic carbocycles. The Morgan fingerprint density at radius 2 is 2.00 bits per heavy atom. The van der Waals surface area contributed by atoms with Crippen molar-refractivity contribution in [3.8, 4) is 0 Å². The van der Waals surface area contributed by atoms with Crippen molar-refractivity contribution in [3.05, 3.63) is 0 Å². The van der Waals surface area contributed by atoms with Gasteiger partial charge in [0, 0.05) is 0 Å². The van der Waals surface area contributed by atoms with Crippen LogP contribution in [-0.4, -0.2) is 21.2 Å².